The molecule has 1 amide bonds. The highest BCUT2D eigenvalue weighted by molar-refractivity contribution is 9.10. The lowest BCUT2D eigenvalue weighted by atomic mass is 10.1. The molecule has 0 aliphatic carbocycles. The Bertz CT molecular complexity index is 366. The standard InChI is InChI=1S/C11H15BrN2O/c1-7-5-9(3-4-10(7)12)11(15)14-8(2)6-13/h3-5,8H,6,13H2,1-2H3,(H,14,15)/t8-/m1/s1. The lowest BCUT2D eigenvalue weighted by Gasteiger charge is -2.11. The summed E-state index contributed by atoms with van der Waals surface area (Å²) in [5.41, 5.74) is 7.14. The predicted octanol–water partition coefficient (Wildman–Crippen LogP) is 1.83. The Balaban J connectivity index is 2.78. The first-order valence-corrected chi connectivity index (χ1v) is 5.61. The molecule has 0 saturated heterocycles. The van der Waals surface area contributed by atoms with Gasteiger partial charge in [-0.3, -0.25) is 4.79 Å². The van der Waals surface area contributed by atoms with Crippen molar-refractivity contribution in [1.29, 1.82) is 0 Å². The molecular formula is C11H15BrN2O. The second-order valence-electron chi connectivity index (χ2n) is 3.57. The van der Waals surface area contributed by atoms with E-state index in [-0.39, 0.29) is 11.9 Å². The van der Waals surface area contributed by atoms with Crippen LogP contribution in [-0.4, -0.2) is 18.5 Å². The molecule has 0 spiro atoms. The summed E-state index contributed by atoms with van der Waals surface area (Å²) in [7, 11) is 0. The molecule has 3 N–H and O–H groups in total. The summed E-state index contributed by atoms with van der Waals surface area (Å²) in [6, 6.07) is 5.51. The van der Waals surface area contributed by atoms with Crippen molar-refractivity contribution < 1.29 is 4.79 Å². The molecule has 0 unspecified atom stereocenters. The van der Waals surface area contributed by atoms with Crippen LogP contribution >= 0.6 is 15.9 Å². The molecule has 0 aliphatic heterocycles. The van der Waals surface area contributed by atoms with Crippen LogP contribution in [0.1, 0.15) is 22.8 Å². The molecule has 0 saturated carbocycles. The Kier molecular flexibility index (Phi) is 4.29. The number of benzene rings is 1. The monoisotopic (exact) mass is 270 g/mol. The number of halogens is 1. The average molecular weight is 271 g/mol. The fourth-order valence-electron chi connectivity index (χ4n) is 1.15. The van der Waals surface area contributed by atoms with E-state index < -0.39 is 0 Å². The van der Waals surface area contributed by atoms with Gasteiger partial charge in [-0.1, -0.05) is 15.9 Å². The molecule has 0 bridgehead atoms. The third-order valence-corrected chi connectivity index (χ3v) is 3.04. The molecule has 1 atom stereocenters. The van der Waals surface area contributed by atoms with Gasteiger partial charge < -0.3 is 11.1 Å². The average Bonchev–Trinajstić information content (AvgIpc) is 2.21. The van der Waals surface area contributed by atoms with Gasteiger partial charge in [-0.2, -0.15) is 0 Å². The summed E-state index contributed by atoms with van der Waals surface area (Å²) >= 11 is 3.39. The highest BCUT2D eigenvalue weighted by atomic mass is 79.9. The molecular weight excluding hydrogens is 256 g/mol. The van der Waals surface area contributed by atoms with Crippen molar-refractivity contribution in [2.75, 3.05) is 6.54 Å². The Morgan fingerprint density at radius 3 is 2.80 bits per heavy atom. The normalized spacial score (nSPS) is 12.3. The van der Waals surface area contributed by atoms with E-state index >= 15 is 0 Å². The van der Waals surface area contributed by atoms with Crippen molar-refractivity contribution in [3.05, 3.63) is 33.8 Å². The van der Waals surface area contributed by atoms with Crippen LogP contribution in [0.15, 0.2) is 22.7 Å². The highest BCUT2D eigenvalue weighted by Gasteiger charge is 2.09. The van der Waals surface area contributed by atoms with Gasteiger partial charge in [0.25, 0.3) is 5.91 Å². The smallest absolute Gasteiger partial charge is 0.251 e. The molecule has 82 valence electrons. The molecule has 0 heterocycles. The minimum Gasteiger partial charge on any atom is -0.348 e. The number of carbonyl (C=O) groups excluding carboxylic acids is 1. The summed E-state index contributed by atoms with van der Waals surface area (Å²) in [6.45, 7) is 4.28. The van der Waals surface area contributed by atoms with Crippen molar-refractivity contribution >= 4 is 21.8 Å². The summed E-state index contributed by atoms with van der Waals surface area (Å²) < 4.78 is 1.01. The second kappa shape index (κ2) is 5.28. The van der Waals surface area contributed by atoms with Crippen LogP contribution in [0.5, 0.6) is 0 Å². The van der Waals surface area contributed by atoms with Crippen LogP contribution in [-0.2, 0) is 0 Å². The van der Waals surface area contributed by atoms with Crippen LogP contribution in [0.25, 0.3) is 0 Å². The van der Waals surface area contributed by atoms with Gasteiger partial charge in [-0.25, -0.2) is 0 Å². The Labute approximate surface area is 98.2 Å². The van der Waals surface area contributed by atoms with E-state index in [9.17, 15) is 4.79 Å². The van der Waals surface area contributed by atoms with E-state index in [2.05, 4.69) is 21.2 Å². The maximum absolute atomic E-state index is 11.7. The minimum atomic E-state index is -0.0800. The zero-order chi connectivity index (χ0) is 11.4. The number of nitrogens with two attached hydrogens (primary N) is 1. The molecule has 0 aliphatic rings. The van der Waals surface area contributed by atoms with Gasteiger partial charge in [0.15, 0.2) is 0 Å². The van der Waals surface area contributed by atoms with E-state index in [1.807, 2.05) is 26.0 Å². The largest absolute Gasteiger partial charge is 0.348 e. The number of rotatable bonds is 3. The molecule has 0 aromatic heterocycles. The van der Waals surface area contributed by atoms with Gasteiger partial charge in [-0.05, 0) is 37.6 Å². The van der Waals surface area contributed by atoms with Gasteiger partial charge in [0.2, 0.25) is 0 Å². The zero-order valence-corrected chi connectivity index (χ0v) is 10.5. The number of hydrogen-bond acceptors (Lipinski definition) is 2. The summed E-state index contributed by atoms with van der Waals surface area (Å²) in [5.74, 6) is -0.0800. The van der Waals surface area contributed by atoms with Gasteiger partial charge >= 0.3 is 0 Å². The van der Waals surface area contributed by atoms with E-state index in [1.165, 1.54) is 0 Å². The molecule has 15 heavy (non-hydrogen) atoms. The van der Waals surface area contributed by atoms with Crippen LogP contribution in [0, 0.1) is 6.92 Å². The van der Waals surface area contributed by atoms with E-state index in [1.54, 1.807) is 6.07 Å². The molecule has 1 aromatic carbocycles. The lowest BCUT2D eigenvalue weighted by molar-refractivity contribution is 0.0941. The van der Waals surface area contributed by atoms with Crippen molar-refractivity contribution in [2.45, 2.75) is 19.9 Å². The third kappa shape index (κ3) is 3.32. The fraction of sp³-hybridized carbons (Fsp3) is 0.364. The Hall–Kier alpha value is -0.870. The van der Waals surface area contributed by atoms with Gasteiger partial charge in [0, 0.05) is 22.6 Å². The van der Waals surface area contributed by atoms with Crippen LogP contribution < -0.4 is 11.1 Å². The maximum Gasteiger partial charge on any atom is 0.251 e. The van der Waals surface area contributed by atoms with Crippen LogP contribution in [0.3, 0.4) is 0 Å². The number of nitrogens with one attached hydrogen (secondary N) is 1. The molecule has 0 fully saturated rings. The van der Waals surface area contributed by atoms with Gasteiger partial charge in [0.05, 0.1) is 0 Å². The van der Waals surface area contributed by atoms with Gasteiger partial charge in [0.1, 0.15) is 0 Å². The third-order valence-electron chi connectivity index (χ3n) is 2.15. The fourth-order valence-corrected chi connectivity index (χ4v) is 1.40. The number of carbonyl (C=O) groups is 1. The SMILES string of the molecule is Cc1cc(C(=O)N[C@H](C)CN)ccc1Br. The quantitative estimate of drug-likeness (QED) is 0.881. The van der Waals surface area contributed by atoms with E-state index in [4.69, 9.17) is 5.73 Å². The number of hydrogen-bond donors (Lipinski definition) is 2. The van der Waals surface area contributed by atoms with Crippen LogP contribution in [0.2, 0.25) is 0 Å². The number of aryl methyl sites for hydroxylation is 1. The predicted molar refractivity (Wildman–Crippen MR) is 64.9 cm³/mol. The molecule has 4 heteroatoms. The second-order valence-corrected chi connectivity index (χ2v) is 4.43. The molecule has 3 nitrogen and oxygen atoms in total. The van der Waals surface area contributed by atoms with E-state index in [0.29, 0.717) is 12.1 Å². The summed E-state index contributed by atoms with van der Waals surface area (Å²) in [6.07, 6.45) is 0. The summed E-state index contributed by atoms with van der Waals surface area (Å²) in [4.78, 5) is 11.7. The zero-order valence-electron chi connectivity index (χ0n) is 8.88. The molecule has 1 aromatic rings. The summed E-state index contributed by atoms with van der Waals surface area (Å²) in [5, 5.41) is 2.81. The van der Waals surface area contributed by atoms with Crippen molar-refractivity contribution in [3.8, 4) is 0 Å². The topological polar surface area (TPSA) is 55.1 Å². The Morgan fingerprint density at radius 2 is 2.27 bits per heavy atom. The molecule has 1 rings (SSSR count). The van der Waals surface area contributed by atoms with Crippen LogP contribution in [0.4, 0.5) is 0 Å². The first-order chi connectivity index (χ1) is 7.04. The minimum absolute atomic E-state index is 0.00135. The van der Waals surface area contributed by atoms with Crippen molar-refractivity contribution in [2.24, 2.45) is 5.73 Å². The number of amides is 1. The molecule has 0 radical (unpaired) electrons. The first kappa shape index (κ1) is 12.2. The van der Waals surface area contributed by atoms with Crippen molar-refractivity contribution in [1.82, 2.24) is 5.32 Å². The Morgan fingerprint density at radius 1 is 1.60 bits per heavy atom. The van der Waals surface area contributed by atoms with Crippen molar-refractivity contribution in [3.63, 3.8) is 0 Å². The first-order valence-electron chi connectivity index (χ1n) is 4.81. The van der Waals surface area contributed by atoms with E-state index in [0.717, 1.165) is 10.0 Å². The maximum atomic E-state index is 11.7. The van der Waals surface area contributed by atoms with Gasteiger partial charge in [-0.15, -0.1) is 0 Å². The lowest BCUT2D eigenvalue weighted by Crippen LogP contribution is -2.37. The highest BCUT2D eigenvalue weighted by Crippen LogP contribution is 2.16.